The summed E-state index contributed by atoms with van der Waals surface area (Å²) in [5, 5.41) is 9.65. The number of halogens is 1. The number of hydrogen-bond donors (Lipinski definition) is 1. The van der Waals surface area contributed by atoms with Gasteiger partial charge in [0.15, 0.2) is 0 Å². The number of nitrogens with zero attached hydrogens (tertiary/aromatic N) is 3. The van der Waals surface area contributed by atoms with E-state index < -0.39 is 5.97 Å². The third kappa shape index (κ3) is 5.70. The first-order valence-corrected chi connectivity index (χ1v) is 13.4. The zero-order valence-electron chi connectivity index (χ0n) is 21.4. The van der Waals surface area contributed by atoms with Crippen molar-refractivity contribution in [1.82, 2.24) is 14.9 Å². The van der Waals surface area contributed by atoms with Gasteiger partial charge in [0.05, 0.1) is 22.4 Å². The van der Waals surface area contributed by atoms with E-state index in [1.54, 1.807) is 0 Å². The van der Waals surface area contributed by atoms with Gasteiger partial charge >= 0.3 is 5.97 Å². The fourth-order valence-electron chi connectivity index (χ4n) is 5.16. The molecule has 1 N–H and O–H groups in total. The van der Waals surface area contributed by atoms with E-state index in [9.17, 15) is 9.59 Å². The quantitative estimate of drug-likeness (QED) is 0.282. The second-order valence-electron chi connectivity index (χ2n) is 9.90. The molecule has 1 aromatic heterocycles. The van der Waals surface area contributed by atoms with Crippen LogP contribution in [0.2, 0.25) is 5.02 Å². The van der Waals surface area contributed by atoms with E-state index in [0.29, 0.717) is 47.4 Å². The van der Waals surface area contributed by atoms with Crippen LogP contribution >= 0.6 is 11.6 Å². The maximum absolute atomic E-state index is 13.6. The minimum atomic E-state index is -0.804. The van der Waals surface area contributed by atoms with Crippen LogP contribution in [-0.2, 0) is 24.1 Å². The van der Waals surface area contributed by atoms with Gasteiger partial charge in [0.2, 0.25) is 0 Å². The Hall–Kier alpha value is -3.77. The summed E-state index contributed by atoms with van der Waals surface area (Å²) in [5.74, 6) is -0.805. The van der Waals surface area contributed by atoms with Crippen LogP contribution in [0.1, 0.15) is 53.4 Å². The molecule has 7 heteroatoms. The Kier molecular flexibility index (Phi) is 7.70. The summed E-state index contributed by atoms with van der Waals surface area (Å²) in [6.45, 7) is 2.78. The number of unbranched alkanes of at least 4 members (excludes halogenated alkanes) is 1. The van der Waals surface area contributed by atoms with E-state index >= 15 is 0 Å². The summed E-state index contributed by atoms with van der Waals surface area (Å²) >= 11 is 6.10. The van der Waals surface area contributed by atoms with Gasteiger partial charge < -0.3 is 10.0 Å². The molecule has 5 rings (SSSR count). The highest BCUT2D eigenvalue weighted by Gasteiger charge is 2.26. The first-order valence-electron chi connectivity index (χ1n) is 13.0. The van der Waals surface area contributed by atoms with Gasteiger partial charge in [0, 0.05) is 35.2 Å². The van der Waals surface area contributed by atoms with Crippen LogP contribution in [0.4, 0.5) is 0 Å². The van der Waals surface area contributed by atoms with Crippen molar-refractivity contribution in [2.45, 2.75) is 51.5 Å². The minimum absolute atomic E-state index is 0.00112. The average molecular weight is 528 g/mol. The molecule has 1 aliphatic heterocycles. The Morgan fingerprint density at radius 2 is 1.74 bits per heavy atom. The molecule has 0 fully saturated rings. The maximum atomic E-state index is 13.6. The molecule has 0 radical (unpaired) electrons. The van der Waals surface area contributed by atoms with Gasteiger partial charge in [-0.1, -0.05) is 48.0 Å². The van der Waals surface area contributed by atoms with E-state index in [-0.39, 0.29) is 18.4 Å². The molecule has 1 aliphatic rings. The second-order valence-corrected chi connectivity index (χ2v) is 10.3. The number of hydrogen-bond acceptors (Lipinski definition) is 4. The normalized spacial score (nSPS) is 15.2. The van der Waals surface area contributed by atoms with E-state index in [1.807, 2.05) is 47.4 Å². The Balaban J connectivity index is 1.45. The lowest BCUT2D eigenvalue weighted by atomic mass is 10.0. The predicted molar refractivity (Wildman–Crippen MR) is 150 cm³/mol. The van der Waals surface area contributed by atoms with Crippen LogP contribution in [-0.4, -0.2) is 44.4 Å². The number of aryl methyl sites for hydroxylation is 1. The highest BCUT2D eigenvalue weighted by molar-refractivity contribution is 6.30. The number of carbonyl (C=O) groups is 2. The second kappa shape index (κ2) is 11.3. The molecule has 0 aliphatic carbocycles. The first kappa shape index (κ1) is 25.9. The molecule has 0 saturated heterocycles. The number of fused-ring (bicyclic) bond motifs is 2. The number of aliphatic carboxylic acids is 1. The van der Waals surface area contributed by atoms with Crippen molar-refractivity contribution in [2.24, 2.45) is 0 Å². The zero-order chi connectivity index (χ0) is 26.6. The third-order valence-electron chi connectivity index (χ3n) is 7.20. The molecule has 0 bridgehead atoms. The molecular weight excluding hydrogens is 498 g/mol. The number of amides is 1. The lowest BCUT2D eigenvalue weighted by molar-refractivity contribution is -0.137. The number of rotatable bonds is 7. The van der Waals surface area contributed by atoms with E-state index in [1.165, 1.54) is 11.1 Å². The zero-order valence-corrected chi connectivity index (χ0v) is 22.1. The Labute approximate surface area is 227 Å². The van der Waals surface area contributed by atoms with Crippen molar-refractivity contribution in [1.29, 1.82) is 0 Å². The first-order chi connectivity index (χ1) is 18.4. The molecule has 38 heavy (non-hydrogen) atoms. The van der Waals surface area contributed by atoms with Gasteiger partial charge in [-0.25, -0.2) is 9.97 Å². The molecule has 4 aromatic rings. The van der Waals surface area contributed by atoms with Crippen molar-refractivity contribution < 1.29 is 14.7 Å². The number of carboxylic acids is 1. The van der Waals surface area contributed by atoms with Gasteiger partial charge in [0.25, 0.3) is 5.91 Å². The minimum Gasteiger partial charge on any atom is -0.481 e. The Morgan fingerprint density at radius 3 is 2.50 bits per heavy atom. The van der Waals surface area contributed by atoms with E-state index in [4.69, 9.17) is 26.7 Å². The van der Waals surface area contributed by atoms with Crippen LogP contribution in [0.25, 0.3) is 22.3 Å². The van der Waals surface area contributed by atoms with Crippen LogP contribution in [0, 0.1) is 0 Å². The topological polar surface area (TPSA) is 83.4 Å². The third-order valence-corrected chi connectivity index (χ3v) is 7.46. The number of carboxylic acid groups (broad SMARTS) is 1. The fourth-order valence-corrected chi connectivity index (χ4v) is 5.29. The van der Waals surface area contributed by atoms with Crippen molar-refractivity contribution in [3.8, 4) is 11.3 Å². The fraction of sp³-hybridized carbons (Fsp3) is 0.290. The monoisotopic (exact) mass is 527 g/mol. The summed E-state index contributed by atoms with van der Waals surface area (Å²) in [6, 6.07) is 21.5. The molecule has 2 heterocycles. The van der Waals surface area contributed by atoms with Crippen LogP contribution in [0.5, 0.6) is 0 Å². The molecule has 0 saturated carbocycles. The van der Waals surface area contributed by atoms with E-state index in [2.05, 4.69) is 31.2 Å². The van der Waals surface area contributed by atoms with Gasteiger partial charge in [-0.2, -0.15) is 0 Å². The lowest BCUT2D eigenvalue weighted by Crippen LogP contribution is -2.39. The van der Waals surface area contributed by atoms with Crippen LogP contribution in [0.3, 0.4) is 0 Å². The SMILES string of the molecule is CC1Cc2ccccc2CCN1C(=O)c1ccc2nc(-c3ccc(Cl)cc3)c(CCCCC(=O)O)nc2c1. The Morgan fingerprint density at radius 1 is 0.974 bits per heavy atom. The summed E-state index contributed by atoms with van der Waals surface area (Å²) in [4.78, 5) is 36.4. The highest BCUT2D eigenvalue weighted by atomic mass is 35.5. The summed E-state index contributed by atoms with van der Waals surface area (Å²) < 4.78 is 0. The van der Waals surface area contributed by atoms with Crippen LogP contribution in [0.15, 0.2) is 66.7 Å². The lowest BCUT2D eigenvalue weighted by Gasteiger charge is -2.27. The Bertz CT molecular complexity index is 1490. The molecule has 194 valence electrons. The predicted octanol–water partition coefficient (Wildman–Crippen LogP) is 6.38. The number of carbonyl (C=O) groups excluding carboxylic acids is 1. The van der Waals surface area contributed by atoms with Gasteiger partial charge in [0.1, 0.15) is 0 Å². The van der Waals surface area contributed by atoms with Crippen LogP contribution < -0.4 is 0 Å². The van der Waals surface area contributed by atoms with Gasteiger partial charge in [-0.15, -0.1) is 0 Å². The number of benzene rings is 3. The average Bonchev–Trinajstić information content (AvgIpc) is 3.08. The summed E-state index contributed by atoms with van der Waals surface area (Å²) in [6.07, 6.45) is 3.62. The van der Waals surface area contributed by atoms with E-state index in [0.717, 1.165) is 29.8 Å². The summed E-state index contributed by atoms with van der Waals surface area (Å²) in [7, 11) is 0. The molecule has 1 unspecified atom stereocenters. The largest absolute Gasteiger partial charge is 0.481 e. The van der Waals surface area contributed by atoms with Crippen molar-refractivity contribution in [3.05, 3.63) is 94.1 Å². The summed E-state index contributed by atoms with van der Waals surface area (Å²) in [5.41, 5.74) is 7.01. The molecule has 0 spiro atoms. The smallest absolute Gasteiger partial charge is 0.303 e. The maximum Gasteiger partial charge on any atom is 0.303 e. The van der Waals surface area contributed by atoms with Gasteiger partial charge in [-0.05, 0) is 80.5 Å². The molecule has 1 atom stereocenters. The molecule has 1 amide bonds. The highest BCUT2D eigenvalue weighted by Crippen LogP contribution is 2.28. The van der Waals surface area contributed by atoms with Crippen molar-refractivity contribution in [2.75, 3.05) is 6.54 Å². The van der Waals surface area contributed by atoms with Gasteiger partial charge in [-0.3, -0.25) is 9.59 Å². The molecule has 6 nitrogen and oxygen atoms in total. The number of aromatic nitrogens is 2. The molecule has 3 aromatic carbocycles. The molecular formula is C31H30ClN3O3. The van der Waals surface area contributed by atoms with Crippen molar-refractivity contribution >= 4 is 34.5 Å². The standard InChI is InChI=1S/C31H30ClN3O3/c1-20-18-23-7-3-2-6-21(23)16-17-35(20)31(38)24-12-15-26-28(19-24)33-27(8-4-5-9-29(36)37)30(34-26)22-10-13-25(32)14-11-22/h2-3,6-7,10-15,19-20H,4-5,8-9,16-18H2,1H3,(H,36,37). The van der Waals surface area contributed by atoms with Crippen molar-refractivity contribution in [3.63, 3.8) is 0 Å².